The van der Waals surface area contributed by atoms with Crippen LogP contribution in [0, 0.1) is 0 Å². The number of piperidine rings is 1. The summed E-state index contributed by atoms with van der Waals surface area (Å²) in [5.74, 6) is 0.764. The second kappa shape index (κ2) is 9.01. The highest BCUT2D eigenvalue weighted by Crippen LogP contribution is 2.31. The molecule has 146 valence electrons. The summed E-state index contributed by atoms with van der Waals surface area (Å²) in [6.07, 6.45) is 4.69. The molecule has 27 heavy (non-hydrogen) atoms. The van der Waals surface area contributed by atoms with Gasteiger partial charge >= 0.3 is 0 Å². The molecular formula is C19H24ClN3O3S. The van der Waals surface area contributed by atoms with Crippen LogP contribution in [0.25, 0.3) is 0 Å². The summed E-state index contributed by atoms with van der Waals surface area (Å²) in [7, 11) is -2.04. The van der Waals surface area contributed by atoms with E-state index in [0.717, 1.165) is 37.2 Å². The zero-order valence-electron chi connectivity index (χ0n) is 15.3. The predicted octanol–water partition coefficient (Wildman–Crippen LogP) is 3.25. The van der Waals surface area contributed by atoms with Gasteiger partial charge in [0.05, 0.1) is 13.2 Å². The van der Waals surface area contributed by atoms with Gasteiger partial charge in [-0.2, -0.15) is 0 Å². The smallest absolute Gasteiger partial charge is 0.242 e. The summed E-state index contributed by atoms with van der Waals surface area (Å²) in [5, 5.41) is 0.258. The molecule has 8 heteroatoms. The van der Waals surface area contributed by atoms with E-state index in [1.165, 1.54) is 24.8 Å². The van der Waals surface area contributed by atoms with Gasteiger partial charge in [-0.1, -0.05) is 36.2 Å². The van der Waals surface area contributed by atoms with E-state index in [0.29, 0.717) is 0 Å². The van der Waals surface area contributed by atoms with Crippen molar-refractivity contribution in [2.75, 3.05) is 26.7 Å². The molecule has 1 atom stereocenters. The number of aromatic nitrogens is 1. The van der Waals surface area contributed by atoms with E-state index in [9.17, 15) is 8.42 Å². The average Bonchev–Trinajstić information content (AvgIpc) is 2.69. The summed E-state index contributed by atoms with van der Waals surface area (Å²) in [6.45, 7) is 2.13. The van der Waals surface area contributed by atoms with Crippen molar-refractivity contribution in [2.45, 2.75) is 30.2 Å². The van der Waals surface area contributed by atoms with Crippen molar-refractivity contribution in [3.8, 4) is 5.75 Å². The van der Waals surface area contributed by atoms with Crippen LogP contribution in [0.15, 0.2) is 47.5 Å². The quantitative estimate of drug-likeness (QED) is 0.711. The first-order valence-corrected chi connectivity index (χ1v) is 10.9. The van der Waals surface area contributed by atoms with Gasteiger partial charge in [-0.3, -0.25) is 4.90 Å². The number of nitrogens with one attached hydrogen (secondary N) is 1. The van der Waals surface area contributed by atoms with Crippen molar-refractivity contribution in [3.63, 3.8) is 0 Å². The van der Waals surface area contributed by atoms with Crippen LogP contribution in [0.4, 0.5) is 0 Å². The average molecular weight is 410 g/mol. The molecule has 2 aromatic rings. The summed E-state index contributed by atoms with van der Waals surface area (Å²) in [6, 6.07) is 10.6. The molecule has 1 unspecified atom stereocenters. The number of benzene rings is 1. The topological polar surface area (TPSA) is 71.5 Å². The maximum absolute atomic E-state index is 12.7. The van der Waals surface area contributed by atoms with Gasteiger partial charge in [0, 0.05) is 18.3 Å². The Morgan fingerprint density at radius 2 is 1.93 bits per heavy atom. The lowest BCUT2D eigenvalue weighted by molar-refractivity contribution is 0.162. The van der Waals surface area contributed by atoms with Crippen LogP contribution in [0.5, 0.6) is 5.75 Å². The Labute approximate surface area is 165 Å². The highest BCUT2D eigenvalue weighted by Gasteiger charge is 2.27. The van der Waals surface area contributed by atoms with Crippen LogP contribution in [-0.4, -0.2) is 45.0 Å². The summed E-state index contributed by atoms with van der Waals surface area (Å²) in [5.41, 5.74) is 0.985. The third kappa shape index (κ3) is 4.99. The van der Waals surface area contributed by atoms with E-state index in [2.05, 4.69) is 14.6 Å². The van der Waals surface area contributed by atoms with Gasteiger partial charge in [-0.05, 0) is 44.1 Å². The summed E-state index contributed by atoms with van der Waals surface area (Å²) < 4.78 is 33.6. The molecule has 0 radical (unpaired) electrons. The summed E-state index contributed by atoms with van der Waals surface area (Å²) >= 11 is 5.76. The monoisotopic (exact) mass is 409 g/mol. The van der Waals surface area contributed by atoms with E-state index in [1.807, 2.05) is 24.3 Å². The third-order valence-corrected chi connectivity index (χ3v) is 6.44. The molecule has 1 fully saturated rings. The molecular weight excluding hydrogens is 386 g/mol. The van der Waals surface area contributed by atoms with Crippen LogP contribution < -0.4 is 9.46 Å². The molecule has 1 aliphatic rings. The first-order chi connectivity index (χ1) is 13.0. The van der Waals surface area contributed by atoms with Gasteiger partial charge in [0.25, 0.3) is 0 Å². The number of pyridine rings is 1. The van der Waals surface area contributed by atoms with Crippen LogP contribution >= 0.6 is 11.6 Å². The lowest BCUT2D eigenvalue weighted by Crippen LogP contribution is -2.40. The lowest BCUT2D eigenvalue weighted by atomic mass is 10.0. The normalized spacial score (nSPS) is 16.8. The van der Waals surface area contributed by atoms with Gasteiger partial charge in [-0.15, -0.1) is 0 Å². The Balaban J connectivity index is 1.84. The Bertz CT molecular complexity index is 853. The largest absolute Gasteiger partial charge is 0.496 e. The van der Waals surface area contributed by atoms with Crippen molar-refractivity contribution in [3.05, 3.63) is 53.3 Å². The van der Waals surface area contributed by atoms with Crippen molar-refractivity contribution in [2.24, 2.45) is 0 Å². The van der Waals surface area contributed by atoms with Crippen molar-refractivity contribution in [1.82, 2.24) is 14.6 Å². The number of sulfonamides is 1. The number of nitrogens with zero attached hydrogens (tertiary/aromatic N) is 2. The second-order valence-electron chi connectivity index (χ2n) is 6.52. The molecule has 1 N–H and O–H groups in total. The minimum atomic E-state index is -3.68. The number of ether oxygens (including phenoxy) is 1. The zero-order chi connectivity index (χ0) is 19.3. The van der Waals surface area contributed by atoms with Crippen LogP contribution in [0.1, 0.15) is 30.9 Å². The van der Waals surface area contributed by atoms with Crippen LogP contribution in [0.2, 0.25) is 5.15 Å². The molecule has 0 amide bonds. The standard InChI is InChI=1S/C19H24ClN3O3S/c1-26-18-8-4-3-7-16(18)17(23-11-5-2-6-12-23)14-22-27(24,25)15-9-10-19(20)21-13-15/h3-4,7-10,13,17,22H,2,5-6,11-12,14H2,1H3. The first kappa shape index (κ1) is 20.1. The molecule has 1 aliphatic heterocycles. The third-order valence-electron chi connectivity index (χ3n) is 4.81. The fourth-order valence-electron chi connectivity index (χ4n) is 3.40. The molecule has 6 nitrogen and oxygen atoms in total. The predicted molar refractivity (Wildman–Crippen MR) is 106 cm³/mol. The molecule has 0 saturated carbocycles. The molecule has 1 aromatic heterocycles. The SMILES string of the molecule is COc1ccccc1C(CNS(=O)(=O)c1ccc(Cl)nc1)N1CCCCC1. The Kier molecular flexibility index (Phi) is 6.70. The molecule has 1 aromatic carbocycles. The molecule has 0 spiro atoms. The van der Waals surface area contributed by atoms with Crippen LogP contribution in [-0.2, 0) is 10.0 Å². The number of likely N-dealkylation sites (tertiary alicyclic amines) is 1. The number of methoxy groups -OCH3 is 1. The van der Waals surface area contributed by atoms with Crippen molar-refractivity contribution >= 4 is 21.6 Å². The van der Waals surface area contributed by atoms with Gasteiger partial charge in [-0.25, -0.2) is 18.1 Å². The van der Waals surface area contributed by atoms with E-state index in [-0.39, 0.29) is 22.6 Å². The number of hydrogen-bond acceptors (Lipinski definition) is 5. The van der Waals surface area contributed by atoms with Gasteiger partial charge < -0.3 is 4.74 Å². The number of hydrogen-bond donors (Lipinski definition) is 1. The highest BCUT2D eigenvalue weighted by atomic mass is 35.5. The number of para-hydroxylation sites is 1. The Morgan fingerprint density at radius 1 is 1.19 bits per heavy atom. The fourth-order valence-corrected chi connectivity index (χ4v) is 4.50. The number of halogens is 1. The van der Waals surface area contributed by atoms with Crippen molar-refractivity contribution in [1.29, 1.82) is 0 Å². The summed E-state index contributed by atoms with van der Waals surface area (Å²) in [4.78, 5) is 6.29. The maximum atomic E-state index is 12.7. The fraction of sp³-hybridized carbons (Fsp3) is 0.421. The second-order valence-corrected chi connectivity index (χ2v) is 8.68. The van der Waals surface area contributed by atoms with E-state index in [1.54, 1.807) is 7.11 Å². The van der Waals surface area contributed by atoms with E-state index in [4.69, 9.17) is 16.3 Å². The van der Waals surface area contributed by atoms with Crippen molar-refractivity contribution < 1.29 is 13.2 Å². The van der Waals surface area contributed by atoms with Gasteiger partial charge in [0.1, 0.15) is 15.8 Å². The molecule has 0 aliphatic carbocycles. The zero-order valence-corrected chi connectivity index (χ0v) is 16.8. The molecule has 3 rings (SSSR count). The van der Waals surface area contributed by atoms with E-state index < -0.39 is 10.0 Å². The number of rotatable bonds is 7. The highest BCUT2D eigenvalue weighted by molar-refractivity contribution is 7.89. The molecule has 2 heterocycles. The van der Waals surface area contributed by atoms with Gasteiger partial charge in [0.2, 0.25) is 10.0 Å². The van der Waals surface area contributed by atoms with E-state index >= 15 is 0 Å². The minimum absolute atomic E-state index is 0.100. The Hall–Kier alpha value is -1.67. The minimum Gasteiger partial charge on any atom is -0.496 e. The molecule has 0 bridgehead atoms. The maximum Gasteiger partial charge on any atom is 0.242 e. The first-order valence-electron chi connectivity index (χ1n) is 8.99. The molecule has 1 saturated heterocycles. The Morgan fingerprint density at radius 3 is 2.59 bits per heavy atom. The van der Waals surface area contributed by atoms with Crippen LogP contribution in [0.3, 0.4) is 0 Å². The lowest BCUT2D eigenvalue weighted by Gasteiger charge is -2.35. The van der Waals surface area contributed by atoms with Gasteiger partial charge in [0.15, 0.2) is 0 Å².